The van der Waals surface area contributed by atoms with E-state index >= 15 is 0 Å². The quantitative estimate of drug-likeness (QED) is 0.577. The molecule has 0 saturated carbocycles. The third-order valence-corrected chi connectivity index (χ3v) is 7.17. The number of aryl methyl sites for hydroxylation is 3. The average Bonchev–Trinajstić information content (AvgIpc) is 2.75. The van der Waals surface area contributed by atoms with Crippen LogP contribution in [0.1, 0.15) is 33.5 Å². The second-order valence-electron chi connectivity index (χ2n) is 7.77. The van der Waals surface area contributed by atoms with Gasteiger partial charge in [0.1, 0.15) is 0 Å². The third kappa shape index (κ3) is 4.45. The summed E-state index contributed by atoms with van der Waals surface area (Å²) in [6, 6.07) is 17.2. The first-order chi connectivity index (χ1) is 14.7. The van der Waals surface area contributed by atoms with Crippen LogP contribution in [-0.4, -0.2) is 20.9 Å². The minimum atomic E-state index is -3.74. The lowest BCUT2D eigenvalue weighted by molar-refractivity contribution is 0.0985. The van der Waals surface area contributed by atoms with Gasteiger partial charge in [0.25, 0.3) is 15.9 Å². The highest BCUT2D eigenvalue weighted by Crippen LogP contribution is 2.31. The van der Waals surface area contributed by atoms with Gasteiger partial charge in [0.2, 0.25) is 0 Å². The summed E-state index contributed by atoms with van der Waals surface area (Å²) in [6.45, 7) is 4.50. The van der Waals surface area contributed by atoms with E-state index in [1.807, 2.05) is 26.0 Å². The minimum Gasteiger partial charge on any atom is -0.308 e. The molecule has 4 rings (SSSR count). The van der Waals surface area contributed by atoms with Crippen LogP contribution in [0.15, 0.2) is 65.6 Å². The molecule has 1 aliphatic heterocycles. The number of sulfonamides is 1. The van der Waals surface area contributed by atoms with Gasteiger partial charge in [0.05, 0.1) is 4.90 Å². The number of amides is 1. The number of nitrogens with zero attached hydrogens (tertiary/aromatic N) is 1. The second-order valence-corrected chi connectivity index (χ2v) is 9.88. The molecule has 0 aliphatic carbocycles. The molecule has 1 N–H and O–H groups in total. The number of nitrogens with one attached hydrogen (secondary N) is 1. The van der Waals surface area contributed by atoms with Gasteiger partial charge in [-0.3, -0.25) is 9.52 Å². The van der Waals surface area contributed by atoms with Crippen LogP contribution in [0.5, 0.6) is 0 Å². The molecule has 7 heteroatoms. The van der Waals surface area contributed by atoms with Gasteiger partial charge in [0.15, 0.2) is 0 Å². The van der Waals surface area contributed by atoms with Crippen LogP contribution in [0.2, 0.25) is 5.02 Å². The van der Waals surface area contributed by atoms with E-state index in [2.05, 4.69) is 4.72 Å². The van der Waals surface area contributed by atoms with Crippen molar-refractivity contribution in [2.75, 3.05) is 16.2 Å². The summed E-state index contributed by atoms with van der Waals surface area (Å²) < 4.78 is 28.6. The molecule has 0 atom stereocenters. The number of benzene rings is 3. The Balaban J connectivity index is 1.63. The lowest BCUT2D eigenvalue weighted by Crippen LogP contribution is -2.35. The van der Waals surface area contributed by atoms with Gasteiger partial charge < -0.3 is 4.90 Å². The summed E-state index contributed by atoms with van der Waals surface area (Å²) in [4.78, 5) is 14.9. The number of rotatable bonds is 4. The van der Waals surface area contributed by atoms with Crippen LogP contribution < -0.4 is 9.62 Å². The van der Waals surface area contributed by atoms with Crippen molar-refractivity contribution in [3.05, 3.63) is 87.9 Å². The SMILES string of the molecule is Cc1ccc(NS(=O)(=O)c2ccc3c(c2)CCCN3C(=O)c2cccc(Cl)c2)cc1C. The molecule has 0 saturated heterocycles. The molecule has 0 fully saturated rings. The first kappa shape index (κ1) is 21.4. The largest absolute Gasteiger partial charge is 0.308 e. The van der Waals surface area contributed by atoms with Crippen molar-refractivity contribution in [3.63, 3.8) is 0 Å². The van der Waals surface area contributed by atoms with Crippen LogP contribution in [0, 0.1) is 13.8 Å². The van der Waals surface area contributed by atoms with E-state index in [9.17, 15) is 13.2 Å². The molecule has 0 spiro atoms. The molecule has 0 radical (unpaired) electrons. The van der Waals surface area contributed by atoms with Crippen molar-refractivity contribution >= 4 is 38.9 Å². The predicted octanol–water partition coefficient (Wildman–Crippen LogP) is 5.35. The molecule has 3 aromatic rings. The van der Waals surface area contributed by atoms with Crippen molar-refractivity contribution in [2.45, 2.75) is 31.6 Å². The summed E-state index contributed by atoms with van der Waals surface area (Å²) in [5.41, 5.74) is 4.72. The van der Waals surface area contributed by atoms with Gasteiger partial charge in [-0.1, -0.05) is 23.7 Å². The summed E-state index contributed by atoms with van der Waals surface area (Å²) >= 11 is 6.04. The highest BCUT2D eigenvalue weighted by Gasteiger charge is 2.26. The Morgan fingerprint density at radius 3 is 2.55 bits per heavy atom. The van der Waals surface area contributed by atoms with Crippen molar-refractivity contribution in [1.82, 2.24) is 0 Å². The van der Waals surface area contributed by atoms with Gasteiger partial charge in [-0.2, -0.15) is 0 Å². The highest BCUT2D eigenvalue weighted by molar-refractivity contribution is 7.92. The molecule has 0 bridgehead atoms. The maximum absolute atomic E-state index is 13.0. The zero-order valence-corrected chi connectivity index (χ0v) is 18.9. The van der Waals surface area contributed by atoms with Gasteiger partial charge in [-0.25, -0.2) is 8.42 Å². The van der Waals surface area contributed by atoms with E-state index < -0.39 is 10.0 Å². The first-order valence-electron chi connectivity index (χ1n) is 10.0. The van der Waals surface area contributed by atoms with Crippen LogP contribution in [-0.2, 0) is 16.4 Å². The standard InChI is InChI=1S/C24H23ClN2O3S/c1-16-8-9-21(13-17(16)2)26-31(29,30)22-10-11-23-18(15-22)6-4-12-27(23)24(28)19-5-3-7-20(25)14-19/h3,5,7-11,13-15,26H,4,6,12H2,1-2H3. The highest BCUT2D eigenvalue weighted by atomic mass is 35.5. The zero-order valence-electron chi connectivity index (χ0n) is 17.4. The molecule has 5 nitrogen and oxygen atoms in total. The Kier molecular flexibility index (Phi) is 5.77. The normalized spacial score (nSPS) is 13.6. The van der Waals surface area contributed by atoms with E-state index in [0.717, 1.165) is 28.8 Å². The maximum atomic E-state index is 13.0. The zero-order chi connectivity index (χ0) is 22.2. The number of anilines is 2. The predicted molar refractivity (Wildman–Crippen MR) is 125 cm³/mol. The third-order valence-electron chi connectivity index (χ3n) is 5.56. The van der Waals surface area contributed by atoms with Gasteiger partial charge in [-0.15, -0.1) is 0 Å². The Hall–Kier alpha value is -2.83. The number of carbonyl (C=O) groups is 1. The van der Waals surface area contributed by atoms with Crippen LogP contribution in [0.4, 0.5) is 11.4 Å². The number of hydrogen-bond donors (Lipinski definition) is 1. The summed E-state index contributed by atoms with van der Waals surface area (Å²) in [5.74, 6) is -0.146. The van der Waals surface area contributed by atoms with Crippen molar-refractivity contribution in [2.24, 2.45) is 0 Å². The molecule has 1 aliphatic rings. The Morgan fingerprint density at radius 1 is 1.00 bits per heavy atom. The van der Waals surface area contributed by atoms with E-state index in [1.54, 1.807) is 53.4 Å². The van der Waals surface area contributed by atoms with Crippen LogP contribution in [0.25, 0.3) is 0 Å². The van der Waals surface area contributed by atoms with E-state index in [0.29, 0.717) is 29.2 Å². The average molecular weight is 455 g/mol. The lowest BCUT2D eigenvalue weighted by Gasteiger charge is -2.30. The number of fused-ring (bicyclic) bond motifs is 1. The molecular formula is C24H23ClN2O3S. The fourth-order valence-electron chi connectivity index (χ4n) is 3.75. The number of halogens is 1. The summed E-state index contributed by atoms with van der Waals surface area (Å²) in [7, 11) is -3.74. The van der Waals surface area contributed by atoms with Crippen molar-refractivity contribution < 1.29 is 13.2 Å². The van der Waals surface area contributed by atoms with E-state index in [1.165, 1.54) is 0 Å². The molecule has 1 heterocycles. The van der Waals surface area contributed by atoms with Gasteiger partial charge in [-0.05, 0) is 91.9 Å². The van der Waals surface area contributed by atoms with E-state index in [-0.39, 0.29) is 10.8 Å². The van der Waals surface area contributed by atoms with Crippen LogP contribution >= 0.6 is 11.6 Å². The number of hydrogen-bond acceptors (Lipinski definition) is 3. The summed E-state index contributed by atoms with van der Waals surface area (Å²) in [6.07, 6.45) is 1.47. The molecule has 1 amide bonds. The molecule has 0 aromatic heterocycles. The number of carbonyl (C=O) groups excluding carboxylic acids is 1. The molecular weight excluding hydrogens is 432 g/mol. The van der Waals surface area contributed by atoms with Crippen molar-refractivity contribution in [3.8, 4) is 0 Å². The smallest absolute Gasteiger partial charge is 0.261 e. The Labute approximate surface area is 187 Å². The minimum absolute atomic E-state index is 0.146. The molecule has 31 heavy (non-hydrogen) atoms. The molecule has 160 valence electrons. The Bertz CT molecular complexity index is 1270. The van der Waals surface area contributed by atoms with Gasteiger partial charge >= 0.3 is 0 Å². The topological polar surface area (TPSA) is 66.5 Å². The monoisotopic (exact) mass is 454 g/mol. The Morgan fingerprint density at radius 2 is 1.81 bits per heavy atom. The fraction of sp³-hybridized carbons (Fsp3) is 0.208. The summed E-state index contributed by atoms with van der Waals surface area (Å²) in [5, 5.41) is 0.502. The maximum Gasteiger partial charge on any atom is 0.261 e. The van der Waals surface area contributed by atoms with Crippen LogP contribution in [0.3, 0.4) is 0 Å². The second kappa shape index (κ2) is 8.36. The molecule has 0 unspecified atom stereocenters. The lowest BCUT2D eigenvalue weighted by atomic mass is 10.0. The van der Waals surface area contributed by atoms with Gasteiger partial charge in [0, 0.05) is 28.5 Å². The van der Waals surface area contributed by atoms with E-state index in [4.69, 9.17) is 11.6 Å². The fourth-order valence-corrected chi connectivity index (χ4v) is 5.04. The van der Waals surface area contributed by atoms with Crippen molar-refractivity contribution in [1.29, 1.82) is 0 Å². The molecule has 3 aromatic carbocycles. The first-order valence-corrected chi connectivity index (χ1v) is 11.9.